The molecule has 0 aliphatic heterocycles. The summed E-state index contributed by atoms with van der Waals surface area (Å²) in [6.45, 7) is 0.394. The van der Waals surface area contributed by atoms with E-state index in [1.165, 1.54) is 43.1 Å². The van der Waals surface area contributed by atoms with Crippen LogP contribution in [0.4, 0.5) is 15.9 Å². The SMILES string of the molecule is COc1cc([N+](=O)[O-])c(C(=O)Nc2c(-c3ccc(F)cc3)ncn2Cc2ccccc2)cc1SC. The Morgan fingerprint density at radius 3 is 2.51 bits per heavy atom. The average Bonchev–Trinajstić information content (AvgIpc) is 3.25. The molecule has 0 atom stereocenters. The number of carbonyl (C=O) groups is 1. The van der Waals surface area contributed by atoms with Crippen LogP contribution in [0.2, 0.25) is 0 Å². The van der Waals surface area contributed by atoms with Gasteiger partial charge in [0.25, 0.3) is 11.6 Å². The number of methoxy groups -OCH3 is 1. The average molecular weight is 493 g/mol. The molecule has 178 valence electrons. The second-order valence-corrected chi connectivity index (χ2v) is 8.35. The number of imidazole rings is 1. The van der Waals surface area contributed by atoms with Gasteiger partial charge in [0.15, 0.2) is 0 Å². The van der Waals surface area contributed by atoms with Crippen LogP contribution in [0, 0.1) is 15.9 Å². The number of anilines is 1. The van der Waals surface area contributed by atoms with Crippen molar-refractivity contribution in [3.05, 3.63) is 100 Å². The number of benzene rings is 3. The van der Waals surface area contributed by atoms with Crippen molar-refractivity contribution in [1.29, 1.82) is 0 Å². The van der Waals surface area contributed by atoms with Gasteiger partial charge in [0.2, 0.25) is 0 Å². The summed E-state index contributed by atoms with van der Waals surface area (Å²) in [6, 6.07) is 18.0. The maximum atomic E-state index is 13.5. The van der Waals surface area contributed by atoms with Gasteiger partial charge < -0.3 is 14.6 Å². The van der Waals surface area contributed by atoms with Crippen LogP contribution in [0.5, 0.6) is 5.75 Å². The van der Waals surface area contributed by atoms with E-state index in [0.29, 0.717) is 34.3 Å². The highest BCUT2D eigenvalue weighted by molar-refractivity contribution is 7.98. The molecule has 1 aromatic heterocycles. The van der Waals surface area contributed by atoms with Crippen LogP contribution in [0.25, 0.3) is 11.3 Å². The van der Waals surface area contributed by atoms with Crippen molar-refractivity contribution in [2.45, 2.75) is 11.4 Å². The predicted octanol–water partition coefficient (Wildman–Crippen LogP) is 5.63. The molecular weight excluding hydrogens is 471 g/mol. The normalized spacial score (nSPS) is 10.7. The molecule has 0 radical (unpaired) electrons. The highest BCUT2D eigenvalue weighted by Gasteiger charge is 2.26. The van der Waals surface area contributed by atoms with Gasteiger partial charge in [0, 0.05) is 5.56 Å². The molecule has 0 aliphatic rings. The fraction of sp³-hybridized carbons (Fsp3) is 0.120. The summed E-state index contributed by atoms with van der Waals surface area (Å²) >= 11 is 1.31. The predicted molar refractivity (Wildman–Crippen MR) is 133 cm³/mol. The van der Waals surface area contributed by atoms with Gasteiger partial charge in [-0.1, -0.05) is 30.3 Å². The molecule has 8 nitrogen and oxygen atoms in total. The monoisotopic (exact) mass is 492 g/mol. The largest absolute Gasteiger partial charge is 0.495 e. The number of thioether (sulfide) groups is 1. The van der Waals surface area contributed by atoms with Crippen LogP contribution in [0.3, 0.4) is 0 Å². The first-order valence-corrected chi connectivity index (χ1v) is 11.7. The van der Waals surface area contributed by atoms with Gasteiger partial charge in [0.1, 0.15) is 28.6 Å². The van der Waals surface area contributed by atoms with Gasteiger partial charge in [0.05, 0.1) is 35.9 Å². The van der Waals surface area contributed by atoms with E-state index in [4.69, 9.17) is 4.74 Å². The maximum Gasteiger partial charge on any atom is 0.285 e. The molecule has 4 rings (SSSR count). The summed E-state index contributed by atoms with van der Waals surface area (Å²) in [4.78, 5) is 29.5. The Morgan fingerprint density at radius 1 is 1.17 bits per heavy atom. The molecule has 0 saturated carbocycles. The van der Waals surface area contributed by atoms with E-state index >= 15 is 0 Å². The molecule has 3 aromatic carbocycles. The molecule has 0 saturated heterocycles. The number of nitro benzene ring substituents is 1. The first-order chi connectivity index (χ1) is 16.9. The molecule has 35 heavy (non-hydrogen) atoms. The molecule has 10 heteroatoms. The highest BCUT2D eigenvalue weighted by Crippen LogP contribution is 2.35. The maximum absolute atomic E-state index is 13.5. The van der Waals surface area contributed by atoms with Crippen LogP contribution in [0.1, 0.15) is 15.9 Å². The van der Waals surface area contributed by atoms with Crippen LogP contribution in [-0.2, 0) is 6.54 Å². The van der Waals surface area contributed by atoms with E-state index in [2.05, 4.69) is 10.3 Å². The number of halogens is 1. The quantitative estimate of drug-likeness (QED) is 0.194. The summed E-state index contributed by atoms with van der Waals surface area (Å²) in [5.41, 5.74) is 1.47. The Bertz CT molecular complexity index is 1370. The van der Waals surface area contributed by atoms with Crippen LogP contribution >= 0.6 is 11.8 Å². The Balaban J connectivity index is 1.78. The Labute approximate surface area is 204 Å². The van der Waals surface area contributed by atoms with Crippen molar-refractivity contribution in [1.82, 2.24) is 9.55 Å². The number of hydrogen-bond acceptors (Lipinski definition) is 6. The van der Waals surface area contributed by atoms with Gasteiger partial charge >= 0.3 is 0 Å². The summed E-state index contributed by atoms with van der Waals surface area (Å²) in [5.74, 6) is -0.433. The van der Waals surface area contributed by atoms with Gasteiger partial charge in [-0.3, -0.25) is 14.9 Å². The number of ether oxygens (including phenoxy) is 1. The number of rotatable bonds is 8. The molecule has 1 N–H and O–H groups in total. The number of hydrogen-bond donors (Lipinski definition) is 1. The van der Waals surface area contributed by atoms with Gasteiger partial charge in [-0.25, -0.2) is 9.37 Å². The zero-order valence-electron chi connectivity index (χ0n) is 18.9. The Kier molecular flexibility index (Phi) is 7.11. The number of amides is 1. The fourth-order valence-corrected chi connectivity index (χ4v) is 4.19. The van der Waals surface area contributed by atoms with Crippen molar-refractivity contribution in [2.75, 3.05) is 18.7 Å². The Morgan fingerprint density at radius 2 is 1.89 bits per heavy atom. The van der Waals surface area contributed by atoms with Crippen molar-refractivity contribution in [3.8, 4) is 17.0 Å². The highest BCUT2D eigenvalue weighted by atomic mass is 32.2. The van der Waals surface area contributed by atoms with Crippen LogP contribution in [-0.4, -0.2) is 33.7 Å². The third-order valence-electron chi connectivity index (χ3n) is 5.33. The van der Waals surface area contributed by atoms with Gasteiger partial charge in [-0.2, -0.15) is 0 Å². The minimum Gasteiger partial charge on any atom is -0.495 e. The lowest BCUT2D eigenvalue weighted by atomic mass is 10.1. The number of carbonyl (C=O) groups excluding carboxylic acids is 1. The van der Waals surface area contributed by atoms with Crippen molar-refractivity contribution in [2.24, 2.45) is 0 Å². The minimum atomic E-state index is -0.673. The second kappa shape index (κ2) is 10.4. The number of nitro groups is 1. The minimum absolute atomic E-state index is 0.113. The van der Waals surface area contributed by atoms with E-state index in [9.17, 15) is 19.3 Å². The lowest BCUT2D eigenvalue weighted by molar-refractivity contribution is -0.385. The van der Waals surface area contributed by atoms with E-state index in [0.717, 1.165) is 5.56 Å². The standard InChI is InChI=1S/C25H21FN4O4S/c1-34-21-13-20(30(32)33)19(12-22(21)35-2)25(31)28-24-23(17-8-10-18(26)11-9-17)27-15-29(24)14-16-6-4-3-5-7-16/h3-13,15H,14H2,1-2H3,(H,28,31). The number of nitrogens with zero attached hydrogens (tertiary/aromatic N) is 3. The third-order valence-corrected chi connectivity index (χ3v) is 6.09. The van der Waals surface area contributed by atoms with Crippen molar-refractivity contribution < 1.29 is 18.8 Å². The zero-order chi connectivity index (χ0) is 24.9. The van der Waals surface area contributed by atoms with Gasteiger partial charge in [-0.15, -0.1) is 11.8 Å². The first-order valence-electron chi connectivity index (χ1n) is 10.5. The molecule has 0 spiro atoms. The summed E-state index contributed by atoms with van der Waals surface area (Å²) in [5, 5.41) is 14.5. The molecular formula is C25H21FN4O4S. The Hall–Kier alpha value is -4.18. The van der Waals surface area contributed by atoms with E-state index in [1.807, 2.05) is 30.3 Å². The molecule has 0 aliphatic carbocycles. The summed E-state index contributed by atoms with van der Waals surface area (Å²) in [7, 11) is 1.41. The second-order valence-electron chi connectivity index (χ2n) is 7.50. The zero-order valence-corrected chi connectivity index (χ0v) is 19.7. The lowest BCUT2D eigenvalue weighted by Crippen LogP contribution is -2.18. The molecule has 0 fully saturated rings. The lowest BCUT2D eigenvalue weighted by Gasteiger charge is -2.14. The summed E-state index contributed by atoms with van der Waals surface area (Å²) < 4.78 is 20.5. The third kappa shape index (κ3) is 5.17. The molecule has 1 amide bonds. The fourth-order valence-electron chi connectivity index (χ4n) is 3.61. The number of aromatic nitrogens is 2. The van der Waals surface area contributed by atoms with Crippen molar-refractivity contribution >= 4 is 29.2 Å². The number of nitrogens with one attached hydrogen (secondary N) is 1. The van der Waals surface area contributed by atoms with Gasteiger partial charge in [-0.05, 0) is 42.2 Å². The molecule has 0 bridgehead atoms. The molecule has 0 unspecified atom stereocenters. The van der Waals surface area contributed by atoms with Crippen molar-refractivity contribution in [3.63, 3.8) is 0 Å². The van der Waals surface area contributed by atoms with E-state index < -0.39 is 16.6 Å². The summed E-state index contributed by atoms with van der Waals surface area (Å²) in [6.07, 6.45) is 3.35. The van der Waals surface area contributed by atoms with Crippen LogP contribution < -0.4 is 10.1 Å². The van der Waals surface area contributed by atoms with E-state index in [-0.39, 0.29) is 11.3 Å². The molecule has 4 aromatic rings. The first kappa shape index (κ1) is 24.0. The topological polar surface area (TPSA) is 99.3 Å². The smallest absolute Gasteiger partial charge is 0.285 e. The molecule has 1 heterocycles. The van der Waals surface area contributed by atoms with Crippen LogP contribution in [0.15, 0.2) is 78.0 Å². The van der Waals surface area contributed by atoms with E-state index in [1.54, 1.807) is 29.3 Å².